The molecule has 0 aliphatic rings. The summed E-state index contributed by atoms with van der Waals surface area (Å²) in [7, 11) is 0. The van der Waals surface area contributed by atoms with E-state index in [-0.39, 0.29) is 6.29 Å². The van der Waals surface area contributed by atoms with E-state index in [1.165, 1.54) is 10.5 Å². The van der Waals surface area contributed by atoms with Crippen LogP contribution < -0.4 is 0 Å². The van der Waals surface area contributed by atoms with Crippen LogP contribution in [0.5, 0.6) is 0 Å². The largest absolute Gasteiger partial charge is 0.353 e. The Kier molecular flexibility index (Phi) is 6.53. The fourth-order valence-electron chi connectivity index (χ4n) is 1.49. The van der Waals surface area contributed by atoms with Gasteiger partial charge in [0.15, 0.2) is 6.29 Å². The summed E-state index contributed by atoms with van der Waals surface area (Å²) in [5.74, 6) is 0. The SMILES string of the molecule is CCOC(Cc1ccc(SC)cc1)OCC. The van der Waals surface area contributed by atoms with Gasteiger partial charge in [0.1, 0.15) is 0 Å². The summed E-state index contributed by atoms with van der Waals surface area (Å²) in [4.78, 5) is 1.29. The third-order valence-electron chi connectivity index (χ3n) is 2.27. The molecule has 0 aromatic heterocycles. The van der Waals surface area contributed by atoms with Crippen LogP contribution in [0.3, 0.4) is 0 Å². The van der Waals surface area contributed by atoms with Gasteiger partial charge in [-0.3, -0.25) is 0 Å². The molecule has 0 aliphatic heterocycles. The second kappa shape index (κ2) is 7.71. The van der Waals surface area contributed by atoms with Crippen LogP contribution in [-0.4, -0.2) is 25.8 Å². The molecule has 0 fully saturated rings. The number of rotatable bonds is 7. The molecule has 0 amide bonds. The Morgan fingerprint density at radius 2 is 1.62 bits per heavy atom. The van der Waals surface area contributed by atoms with Crippen LogP contribution in [0.15, 0.2) is 29.2 Å². The molecule has 90 valence electrons. The molecule has 1 aromatic carbocycles. The minimum Gasteiger partial charge on any atom is -0.353 e. The zero-order chi connectivity index (χ0) is 11.8. The van der Waals surface area contributed by atoms with Crippen LogP contribution in [0.25, 0.3) is 0 Å². The van der Waals surface area contributed by atoms with E-state index in [4.69, 9.17) is 9.47 Å². The highest BCUT2D eigenvalue weighted by atomic mass is 32.2. The maximum Gasteiger partial charge on any atom is 0.161 e. The Balaban J connectivity index is 2.54. The van der Waals surface area contributed by atoms with Gasteiger partial charge in [-0.2, -0.15) is 0 Å². The molecule has 0 aliphatic carbocycles. The van der Waals surface area contributed by atoms with Gasteiger partial charge >= 0.3 is 0 Å². The van der Waals surface area contributed by atoms with Crippen molar-refractivity contribution >= 4 is 11.8 Å². The fourth-order valence-corrected chi connectivity index (χ4v) is 1.90. The third-order valence-corrected chi connectivity index (χ3v) is 3.01. The van der Waals surface area contributed by atoms with E-state index >= 15 is 0 Å². The molecule has 0 saturated heterocycles. The summed E-state index contributed by atoms with van der Waals surface area (Å²) in [5.41, 5.74) is 1.25. The highest BCUT2D eigenvalue weighted by molar-refractivity contribution is 7.98. The van der Waals surface area contributed by atoms with Crippen molar-refractivity contribution < 1.29 is 9.47 Å². The van der Waals surface area contributed by atoms with E-state index < -0.39 is 0 Å². The topological polar surface area (TPSA) is 18.5 Å². The summed E-state index contributed by atoms with van der Waals surface area (Å²) in [6, 6.07) is 8.54. The summed E-state index contributed by atoms with van der Waals surface area (Å²) in [6.07, 6.45) is 2.78. The van der Waals surface area contributed by atoms with E-state index in [1.54, 1.807) is 11.8 Å². The highest BCUT2D eigenvalue weighted by Gasteiger charge is 2.08. The maximum absolute atomic E-state index is 5.52. The monoisotopic (exact) mass is 240 g/mol. The summed E-state index contributed by atoms with van der Waals surface area (Å²) in [6.45, 7) is 5.35. The molecule has 16 heavy (non-hydrogen) atoms. The molecule has 0 heterocycles. The number of hydrogen-bond donors (Lipinski definition) is 0. The second-order valence-electron chi connectivity index (χ2n) is 3.39. The van der Waals surface area contributed by atoms with Crippen molar-refractivity contribution in [3.8, 4) is 0 Å². The highest BCUT2D eigenvalue weighted by Crippen LogP contribution is 2.16. The van der Waals surface area contributed by atoms with Crippen molar-refractivity contribution in [2.75, 3.05) is 19.5 Å². The van der Waals surface area contributed by atoms with Crippen molar-refractivity contribution in [1.29, 1.82) is 0 Å². The first-order valence-corrected chi connectivity index (χ1v) is 6.88. The number of ether oxygens (including phenoxy) is 2. The van der Waals surface area contributed by atoms with Gasteiger partial charge in [-0.15, -0.1) is 11.8 Å². The predicted molar refractivity (Wildman–Crippen MR) is 69.0 cm³/mol. The molecular weight excluding hydrogens is 220 g/mol. The Morgan fingerprint density at radius 3 is 2.06 bits per heavy atom. The molecule has 2 nitrogen and oxygen atoms in total. The van der Waals surface area contributed by atoms with Gasteiger partial charge in [0.25, 0.3) is 0 Å². The normalized spacial score (nSPS) is 11.0. The van der Waals surface area contributed by atoms with E-state index in [0.29, 0.717) is 13.2 Å². The zero-order valence-corrected chi connectivity index (χ0v) is 11.0. The lowest BCUT2D eigenvalue weighted by atomic mass is 10.1. The van der Waals surface area contributed by atoms with E-state index in [9.17, 15) is 0 Å². The molecular formula is C13H20O2S. The fraction of sp³-hybridized carbons (Fsp3) is 0.538. The van der Waals surface area contributed by atoms with Crippen molar-refractivity contribution in [3.05, 3.63) is 29.8 Å². The molecule has 0 spiro atoms. The average molecular weight is 240 g/mol. The van der Waals surface area contributed by atoms with Crippen LogP contribution in [-0.2, 0) is 15.9 Å². The first kappa shape index (κ1) is 13.6. The van der Waals surface area contributed by atoms with Crippen molar-refractivity contribution in [2.24, 2.45) is 0 Å². The van der Waals surface area contributed by atoms with Gasteiger partial charge in [-0.05, 0) is 37.8 Å². The van der Waals surface area contributed by atoms with Crippen LogP contribution in [0.4, 0.5) is 0 Å². The van der Waals surface area contributed by atoms with Gasteiger partial charge < -0.3 is 9.47 Å². The Hall–Kier alpha value is -0.510. The maximum atomic E-state index is 5.52. The summed E-state index contributed by atoms with van der Waals surface area (Å²) in [5, 5.41) is 0. The zero-order valence-electron chi connectivity index (χ0n) is 10.2. The van der Waals surface area contributed by atoms with E-state index in [2.05, 4.69) is 30.5 Å². The predicted octanol–water partition coefficient (Wildman–Crippen LogP) is 3.35. The van der Waals surface area contributed by atoms with Gasteiger partial charge in [0.05, 0.1) is 0 Å². The molecule has 1 rings (SSSR count). The summed E-state index contributed by atoms with van der Waals surface area (Å²) >= 11 is 1.75. The minimum absolute atomic E-state index is 0.116. The van der Waals surface area contributed by atoms with Crippen LogP contribution >= 0.6 is 11.8 Å². The Bertz CT molecular complexity index is 278. The standard InChI is InChI=1S/C13H20O2S/c1-4-14-13(15-5-2)10-11-6-8-12(16-3)9-7-11/h6-9,13H,4-5,10H2,1-3H3. The van der Waals surface area contributed by atoms with Crippen LogP contribution in [0.2, 0.25) is 0 Å². The molecule has 0 unspecified atom stereocenters. The Morgan fingerprint density at radius 1 is 1.06 bits per heavy atom. The lowest BCUT2D eigenvalue weighted by molar-refractivity contribution is -0.134. The molecule has 1 aromatic rings. The van der Waals surface area contributed by atoms with Gasteiger partial charge in [0, 0.05) is 24.5 Å². The number of benzene rings is 1. The molecule has 0 saturated carbocycles. The van der Waals surface area contributed by atoms with Crippen molar-refractivity contribution in [2.45, 2.75) is 31.5 Å². The molecule has 0 radical (unpaired) electrons. The smallest absolute Gasteiger partial charge is 0.161 e. The second-order valence-corrected chi connectivity index (χ2v) is 4.27. The van der Waals surface area contributed by atoms with Gasteiger partial charge in [-0.1, -0.05) is 12.1 Å². The first-order chi connectivity index (χ1) is 7.80. The van der Waals surface area contributed by atoms with E-state index in [0.717, 1.165) is 6.42 Å². The molecule has 3 heteroatoms. The number of thioether (sulfide) groups is 1. The molecule has 0 atom stereocenters. The van der Waals surface area contributed by atoms with Crippen molar-refractivity contribution in [1.82, 2.24) is 0 Å². The molecule has 0 bridgehead atoms. The lowest BCUT2D eigenvalue weighted by Gasteiger charge is -2.16. The quantitative estimate of drug-likeness (QED) is 0.538. The minimum atomic E-state index is -0.116. The van der Waals surface area contributed by atoms with Gasteiger partial charge in [0.2, 0.25) is 0 Å². The summed E-state index contributed by atoms with van der Waals surface area (Å²) < 4.78 is 11.0. The van der Waals surface area contributed by atoms with Crippen LogP contribution in [0, 0.1) is 0 Å². The Labute approximate surface area is 102 Å². The van der Waals surface area contributed by atoms with E-state index in [1.807, 2.05) is 13.8 Å². The first-order valence-electron chi connectivity index (χ1n) is 5.66. The lowest BCUT2D eigenvalue weighted by Crippen LogP contribution is -2.20. The molecule has 0 N–H and O–H groups in total. The number of hydrogen-bond acceptors (Lipinski definition) is 3. The van der Waals surface area contributed by atoms with Crippen LogP contribution in [0.1, 0.15) is 19.4 Å². The van der Waals surface area contributed by atoms with Gasteiger partial charge in [-0.25, -0.2) is 0 Å². The third kappa shape index (κ3) is 4.56. The van der Waals surface area contributed by atoms with Crippen molar-refractivity contribution in [3.63, 3.8) is 0 Å². The average Bonchev–Trinajstić information content (AvgIpc) is 2.31.